The van der Waals surface area contributed by atoms with Crippen LogP contribution in [0.3, 0.4) is 0 Å². The third-order valence-electron chi connectivity index (χ3n) is 4.62. The summed E-state index contributed by atoms with van der Waals surface area (Å²) < 4.78 is 0. The first kappa shape index (κ1) is 19.5. The molecule has 1 heterocycles. The number of carbonyl (C=O) groups excluding carboxylic acids is 2. The summed E-state index contributed by atoms with van der Waals surface area (Å²) in [6.07, 6.45) is 0. The van der Waals surface area contributed by atoms with Crippen LogP contribution in [0.4, 0.5) is 0 Å². The highest BCUT2D eigenvalue weighted by atomic mass is 16.2. The third-order valence-corrected chi connectivity index (χ3v) is 4.62. The number of carbonyl (C=O) groups is 2. The van der Waals surface area contributed by atoms with Crippen molar-refractivity contribution in [3.8, 4) is 0 Å². The van der Waals surface area contributed by atoms with Crippen molar-refractivity contribution in [2.45, 2.75) is 19.9 Å². The Balaban J connectivity index is 1.78. The first-order chi connectivity index (χ1) is 13.6. The average molecular weight is 376 g/mol. The van der Waals surface area contributed by atoms with Crippen molar-refractivity contribution in [1.82, 2.24) is 20.7 Å². The minimum Gasteiger partial charge on any atom is -0.342 e. The normalized spacial score (nSPS) is 11.8. The highest BCUT2D eigenvalue weighted by Gasteiger charge is 2.25. The summed E-state index contributed by atoms with van der Waals surface area (Å²) in [4.78, 5) is 31.6. The van der Waals surface area contributed by atoms with Crippen molar-refractivity contribution < 1.29 is 9.59 Å². The Labute approximate surface area is 164 Å². The number of nitrogens with zero attached hydrogens (tertiary/aromatic N) is 2. The van der Waals surface area contributed by atoms with Gasteiger partial charge < -0.3 is 4.90 Å². The van der Waals surface area contributed by atoms with E-state index in [0.717, 1.165) is 16.5 Å². The summed E-state index contributed by atoms with van der Waals surface area (Å²) in [7, 11) is 0. The van der Waals surface area contributed by atoms with E-state index in [1.54, 1.807) is 11.0 Å². The van der Waals surface area contributed by atoms with E-state index in [1.807, 2.05) is 74.5 Å². The minimum absolute atomic E-state index is 0.0945. The number of likely N-dealkylation sites (N-methyl/N-ethyl adjacent to an activating group) is 1. The molecule has 0 aliphatic rings. The third kappa shape index (κ3) is 4.35. The van der Waals surface area contributed by atoms with E-state index in [0.29, 0.717) is 13.1 Å². The van der Waals surface area contributed by atoms with Gasteiger partial charge in [-0.25, -0.2) is 10.4 Å². The van der Waals surface area contributed by atoms with Gasteiger partial charge in [0.2, 0.25) is 5.91 Å². The number of benzene rings is 2. The molecule has 6 heteroatoms. The van der Waals surface area contributed by atoms with Crippen LogP contribution in [0.25, 0.3) is 10.9 Å². The van der Waals surface area contributed by atoms with Gasteiger partial charge in [-0.3, -0.25) is 15.0 Å². The number of hydrazine groups is 1. The molecule has 2 aromatic carbocycles. The number of rotatable bonds is 7. The summed E-state index contributed by atoms with van der Waals surface area (Å²) in [5, 5.41) is 0.964. The van der Waals surface area contributed by atoms with Crippen molar-refractivity contribution in [2.24, 2.45) is 0 Å². The molecule has 1 unspecified atom stereocenters. The van der Waals surface area contributed by atoms with E-state index in [-0.39, 0.29) is 17.5 Å². The van der Waals surface area contributed by atoms with Gasteiger partial charge in [-0.2, -0.15) is 0 Å². The zero-order chi connectivity index (χ0) is 19.9. The molecule has 6 nitrogen and oxygen atoms in total. The summed E-state index contributed by atoms with van der Waals surface area (Å²) in [5.74, 6) is -0.484. The fourth-order valence-corrected chi connectivity index (χ4v) is 3.05. The van der Waals surface area contributed by atoms with Crippen LogP contribution in [0.2, 0.25) is 0 Å². The van der Waals surface area contributed by atoms with Crippen molar-refractivity contribution >= 4 is 22.7 Å². The molecule has 2 amide bonds. The number of fused-ring (bicyclic) bond motifs is 1. The van der Waals surface area contributed by atoms with Crippen LogP contribution in [0, 0.1) is 0 Å². The molecule has 0 saturated heterocycles. The number of hydrogen-bond donors (Lipinski definition) is 2. The summed E-state index contributed by atoms with van der Waals surface area (Å²) in [6.45, 7) is 5.06. The highest BCUT2D eigenvalue weighted by Crippen LogP contribution is 2.16. The molecule has 1 aromatic heterocycles. The molecule has 2 N–H and O–H groups in total. The molecule has 0 bridgehead atoms. The van der Waals surface area contributed by atoms with E-state index in [1.165, 1.54) is 0 Å². The molecular formula is C22H24N4O2. The van der Waals surface area contributed by atoms with Gasteiger partial charge in [0, 0.05) is 18.5 Å². The minimum atomic E-state index is -0.675. The smallest absolute Gasteiger partial charge is 0.284 e. The SMILES string of the molecule is CCN(CC)C(=O)C(NNC(=O)c1ccc2ccccc2n1)c1ccccc1. The second-order valence-electron chi connectivity index (χ2n) is 6.34. The van der Waals surface area contributed by atoms with E-state index < -0.39 is 6.04 Å². The lowest BCUT2D eigenvalue weighted by Crippen LogP contribution is -2.47. The van der Waals surface area contributed by atoms with Crippen LogP contribution in [0.5, 0.6) is 0 Å². The largest absolute Gasteiger partial charge is 0.342 e. The lowest BCUT2D eigenvalue weighted by molar-refractivity contribution is -0.133. The zero-order valence-corrected chi connectivity index (χ0v) is 16.1. The number of amides is 2. The fraction of sp³-hybridized carbons (Fsp3) is 0.227. The Morgan fingerprint density at radius 3 is 2.32 bits per heavy atom. The molecule has 0 aliphatic carbocycles. The molecular weight excluding hydrogens is 352 g/mol. The molecule has 3 rings (SSSR count). The predicted molar refractivity (Wildman–Crippen MR) is 109 cm³/mol. The van der Waals surface area contributed by atoms with Gasteiger partial charge in [-0.05, 0) is 31.5 Å². The molecule has 0 fully saturated rings. The van der Waals surface area contributed by atoms with Crippen LogP contribution in [-0.2, 0) is 4.79 Å². The molecule has 0 aliphatic heterocycles. The number of pyridine rings is 1. The van der Waals surface area contributed by atoms with Gasteiger partial charge in [0.15, 0.2) is 0 Å². The topological polar surface area (TPSA) is 74.3 Å². The van der Waals surface area contributed by atoms with Gasteiger partial charge >= 0.3 is 0 Å². The lowest BCUT2D eigenvalue weighted by atomic mass is 10.1. The molecule has 0 radical (unpaired) electrons. The molecule has 1 atom stereocenters. The number of para-hydroxylation sites is 1. The Kier molecular flexibility index (Phi) is 6.34. The van der Waals surface area contributed by atoms with Crippen LogP contribution in [0.1, 0.15) is 35.9 Å². The van der Waals surface area contributed by atoms with Crippen LogP contribution >= 0.6 is 0 Å². The second-order valence-corrected chi connectivity index (χ2v) is 6.34. The lowest BCUT2D eigenvalue weighted by Gasteiger charge is -2.26. The Morgan fingerprint density at radius 1 is 0.929 bits per heavy atom. The Bertz CT molecular complexity index is 955. The van der Waals surface area contributed by atoms with Gasteiger partial charge in [0.05, 0.1) is 5.52 Å². The van der Waals surface area contributed by atoms with Gasteiger partial charge in [-0.15, -0.1) is 0 Å². The summed E-state index contributed by atoms with van der Waals surface area (Å²) in [6, 6.07) is 19.8. The molecule has 144 valence electrons. The first-order valence-electron chi connectivity index (χ1n) is 9.39. The standard InChI is InChI=1S/C22H24N4O2/c1-3-26(4-2)22(28)20(17-11-6-5-7-12-17)24-25-21(27)19-15-14-16-10-8-9-13-18(16)23-19/h5-15,20,24H,3-4H2,1-2H3,(H,25,27). The average Bonchev–Trinajstić information content (AvgIpc) is 2.75. The molecule has 3 aromatic rings. The predicted octanol–water partition coefficient (Wildman–Crippen LogP) is 3.08. The summed E-state index contributed by atoms with van der Waals surface area (Å²) >= 11 is 0. The number of nitrogens with one attached hydrogen (secondary N) is 2. The van der Waals surface area contributed by atoms with Crippen LogP contribution in [0.15, 0.2) is 66.7 Å². The number of hydrogen-bond acceptors (Lipinski definition) is 4. The first-order valence-corrected chi connectivity index (χ1v) is 9.39. The van der Waals surface area contributed by atoms with Gasteiger partial charge in [-0.1, -0.05) is 54.6 Å². The van der Waals surface area contributed by atoms with Crippen molar-refractivity contribution in [3.63, 3.8) is 0 Å². The monoisotopic (exact) mass is 376 g/mol. The summed E-state index contributed by atoms with van der Waals surface area (Å²) in [5.41, 5.74) is 7.36. The van der Waals surface area contributed by atoms with Gasteiger partial charge in [0.1, 0.15) is 11.7 Å². The van der Waals surface area contributed by atoms with Crippen molar-refractivity contribution in [3.05, 3.63) is 78.0 Å². The van der Waals surface area contributed by atoms with Crippen molar-refractivity contribution in [2.75, 3.05) is 13.1 Å². The van der Waals surface area contributed by atoms with E-state index in [9.17, 15) is 9.59 Å². The van der Waals surface area contributed by atoms with E-state index in [4.69, 9.17) is 0 Å². The molecule has 0 saturated carbocycles. The molecule has 28 heavy (non-hydrogen) atoms. The maximum atomic E-state index is 12.9. The van der Waals surface area contributed by atoms with E-state index >= 15 is 0 Å². The zero-order valence-electron chi connectivity index (χ0n) is 16.1. The van der Waals surface area contributed by atoms with Crippen LogP contribution in [-0.4, -0.2) is 34.8 Å². The molecule has 0 spiro atoms. The maximum Gasteiger partial charge on any atom is 0.284 e. The van der Waals surface area contributed by atoms with Gasteiger partial charge in [0.25, 0.3) is 5.91 Å². The Hall–Kier alpha value is -3.25. The second kappa shape index (κ2) is 9.10. The quantitative estimate of drug-likeness (QED) is 0.622. The fourth-order valence-electron chi connectivity index (χ4n) is 3.05. The number of aromatic nitrogens is 1. The van der Waals surface area contributed by atoms with Crippen molar-refractivity contribution in [1.29, 1.82) is 0 Å². The Morgan fingerprint density at radius 2 is 1.61 bits per heavy atom. The maximum absolute atomic E-state index is 12.9. The van der Waals surface area contributed by atoms with Crippen LogP contribution < -0.4 is 10.9 Å². The van der Waals surface area contributed by atoms with E-state index in [2.05, 4.69) is 15.8 Å². The highest BCUT2D eigenvalue weighted by molar-refractivity contribution is 5.95.